The van der Waals surface area contributed by atoms with Crippen molar-refractivity contribution >= 4 is 54.5 Å². The summed E-state index contributed by atoms with van der Waals surface area (Å²) in [6.07, 6.45) is 0. The summed E-state index contributed by atoms with van der Waals surface area (Å²) in [4.78, 5) is 25.1. The van der Waals surface area contributed by atoms with E-state index in [-0.39, 0.29) is 23.1 Å². The molecule has 6 nitrogen and oxygen atoms in total. The summed E-state index contributed by atoms with van der Waals surface area (Å²) in [6.45, 7) is 5.44. The Morgan fingerprint density at radius 2 is 1.71 bits per heavy atom. The first kappa shape index (κ1) is 23.7. The molecule has 0 aliphatic rings. The van der Waals surface area contributed by atoms with Crippen LogP contribution in [0.25, 0.3) is 10.1 Å². The molecular formula is C26H24N2O4S2. The number of sulfonamides is 1. The van der Waals surface area contributed by atoms with E-state index in [0.29, 0.717) is 21.8 Å². The minimum atomic E-state index is -3.72. The van der Waals surface area contributed by atoms with Crippen LogP contribution in [0.4, 0.5) is 11.4 Å². The summed E-state index contributed by atoms with van der Waals surface area (Å²) in [5.74, 6) is -0.366. The number of amides is 1. The second-order valence-electron chi connectivity index (χ2n) is 7.91. The molecule has 0 aliphatic heterocycles. The van der Waals surface area contributed by atoms with Gasteiger partial charge < -0.3 is 5.32 Å². The second-order valence-corrected chi connectivity index (χ2v) is 10.9. The first-order valence-electron chi connectivity index (χ1n) is 10.7. The maximum Gasteiger partial charge on any atom is 0.265 e. The number of hydrogen-bond acceptors (Lipinski definition) is 5. The zero-order valence-corrected chi connectivity index (χ0v) is 20.7. The Morgan fingerprint density at radius 3 is 2.38 bits per heavy atom. The summed E-state index contributed by atoms with van der Waals surface area (Å²) in [5, 5.41) is 3.61. The van der Waals surface area contributed by atoms with Gasteiger partial charge in [-0.2, -0.15) is 0 Å². The molecule has 1 aromatic heterocycles. The Balaban J connectivity index is 1.62. The highest BCUT2D eigenvalue weighted by atomic mass is 32.2. The lowest BCUT2D eigenvalue weighted by Gasteiger charge is -2.23. The van der Waals surface area contributed by atoms with Gasteiger partial charge in [0.15, 0.2) is 5.78 Å². The van der Waals surface area contributed by atoms with Crippen LogP contribution in [0.1, 0.15) is 39.4 Å². The van der Waals surface area contributed by atoms with E-state index in [1.807, 2.05) is 13.0 Å². The van der Waals surface area contributed by atoms with Crippen molar-refractivity contribution in [2.45, 2.75) is 25.7 Å². The van der Waals surface area contributed by atoms with E-state index < -0.39 is 10.0 Å². The van der Waals surface area contributed by atoms with E-state index in [1.54, 1.807) is 73.7 Å². The monoisotopic (exact) mass is 492 g/mol. The molecule has 1 N–H and O–H groups in total. The maximum atomic E-state index is 13.2. The number of anilines is 2. The Labute approximate surface area is 202 Å². The van der Waals surface area contributed by atoms with Gasteiger partial charge in [0.2, 0.25) is 0 Å². The Bertz CT molecular complexity index is 1490. The second kappa shape index (κ2) is 9.40. The quantitative estimate of drug-likeness (QED) is 0.327. The van der Waals surface area contributed by atoms with Crippen LogP contribution in [0.3, 0.4) is 0 Å². The van der Waals surface area contributed by atoms with Crippen molar-refractivity contribution in [3.63, 3.8) is 0 Å². The number of carbonyl (C=O) groups is 2. The number of fused-ring (bicyclic) bond motifs is 1. The van der Waals surface area contributed by atoms with Gasteiger partial charge in [0.1, 0.15) is 0 Å². The van der Waals surface area contributed by atoms with Crippen LogP contribution in [0, 0.1) is 6.92 Å². The molecule has 3 aromatic carbocycles. The molecule has 0 bridgehead atoms. The van der Waals surface area contributed by atoms with E-state index >= 15 is 0 Å². The van der Waals surface area contributed by atoms with Crippen LogP contribution in [0.2, 0.25) is 0 Å². The van der Waals surface area contributed by atoms with Crippen LogP contribution < -0.4 is 9.62 Å². The van der Waals surface area contributed by atoms with Crippen LogP contribution >= 0.6 is 11.3 Å². The smallest absolute Gasteiger partial charge is 0.265 e. The van der Waals surface area contributed by atoms with E-state index in [2.05, 4.69) is 5.32 Å². The van der Waals surface area contributed by atoms with Crippen molar-refractivity contribution in [2.75, 3.05) is 16.2 Å². The van der Waals surface area contributed by atoms with Crippen LogP contribution in [-0.4, -0.2) is 26.7 Å². The van der Waals surface area contributed by atoms with Gasteiger partial charge in [-0.1, -0.05) is 29.8 Å². The molecule has 0 saturated carbocycles. The number of nitrogens with zero attached hydrogens (tertiary/aromatic N) is 1. The van der Waals surface area contributed by atoms with Crippen LogP contribution in [-0.2, 0) is 10.0 Å². The molecule has 0 saturated heterocycles. The average Bonchev–Trinajstić information content (AvgIpc) is 3.23. The molecule has 1 amide bonds. The Kier molecular flexibility index (Phi) is 6.54. The Hall–Kier alpha value is -3.49. The highest BCUT2D eigenvalue weighted by Gasteiger charge is 2.24. The van der Waals surface area contributed by atoms with Crippen molar-refractivity contribution in [1.29, 1.82) is 0 Å². The maximum absolute atomic E-state index is 13.2. The highest BCUT2D eigenvalue weighted by molar-refractivity contribution is 7.92. The third-order valence-electron chi connectivity index (χ3n) is 5.43. The third-order valence-corrected chi connectivity index (χ3v) is 8.47. The minimum Gasteiger partial charge on any atom is -0.321 e. The van der Waals surface area contributed by atoms with Gasteiger partial charge in [-0.05, 0) is 74.7 Å². The molecule has 4 rings (SSSR count). The largest absolute Gasteiger partial charge is 0.321 e. The van der Waals surface area contributed by atoms with Gasteiger partial charge >= 0.3 is 0 Å². The van der Waals surface area contributed by atoms with Crippen molar-refractivity contribution < 1.29 is 18.0 Å². The van der Waals surface area contributed by atoms with E-state index in [0.717, 1.165) is 15.6 Å². The summed E-state index contributed by atoms with van der Waals surface area (Å²) >= 11 is 1.32. The first-order chi connectivity index (χ1) is 16.2. The zero-order chi connectivity index (χ0) is 24.5. The summed E-state index contributed by atoms with van der Waals surface area (Å²) in [6, 6.07) is 20.7. The van der Waals surface area contributed by atoms with Gasteiger partial charge in [0.25, 0.3) is 15.9 Å². The molecule has 174 valence electrons. The van der Waals surface area contributed by atoms with Gasteiger partial charge in [0, 0.05) is 22.5 Å². The molecule has 0 spiro atoms. The molecule has 0 atom stereocenters. The molecule has 8 heteroatoms. The number of Topliss-reactive ketones (excluding diaryl/α,β-unsaturated/α-hetero) is 1. The predicted molar refractivity (Wildman–Crippen MR) is 138 cm³/mol. The number of ketones is 1. The number of benzene rings is 3. The number of rotatable bonds is 7. The fourth-order valence-corrected chi connectivity index (χ4v) is 6.04. The van der Waals surface area contributed by atoms with Gasteiger partial charge in [-0.15, -0.1) is 11.3 Å². The van der Waals surface area contributed by atoms with E-state index in [4.69, 9.17) is 0 Å². The van der Waals surface area contributed by atoms with Gasteiger partial charge in [0.05, 0.1) is 15.5 Å². The lowest BCUT2D eigenvalue weighted by Crippen LogP contribution is -2.30. The number of hydrogen-bond donors (Lipinski definition) is 1. The van der Waals surface area contributed by atoms with Gasteiger partial charge in [-0.3, -0.25) is 13.9 Å². The topological polar surface area (TPSA) is 83.6 Å². The molecule has 0 radical (unpaired) electrons. The molecule has 1 heterocycles. The lowest BCUT2D eigenvalue weighted by atomic mass is 10.1. The van der Waals surface area contributed by atoms with Crippen molar-refractivity contribution in [3.05, 3.63) is 88.8 Å². The van der Waals surface area contributed by atoms with E-state index in [9.17, 15) is 18.0 Å². The number of aryl methyl sites for hydroxylation is 1. The number of thiophene rings is 1. The van der Waals surface area contributed by atoms with Crippen molar-refractivity contribution in [1.82, 2.24) is 0 Å². The summed E-state index contributed by atoms with van der Waals surface area (Å²) < 4.78 is 28.7. The normalized spacial score (nSPS) is 11.4. The zero-order valence-electron chi connectivity index (χ0n) is 19.0. The fourth-order valence-electron chi connectivity index (χ4n) is 3.64. The summed E-state index contributed by atoms with van der Waals surface area (Å²) in [7, 11) is -3.72. The summed E-state index contributed by atoms with van der Waals surface area (Å²) in [5.41, 5.74) is 2.58. The third kappa shape index (κ3) is 4.73. The van der Waals surface area contributed by atoms with E-state index in [1.165, 1.54) is 22.6 Å². The lowest BCUT2D eigenvalue weighted by molar-refractivity contribution is 0.101. The molecule has 0 aliphatic carbocycles. The molecule has 4 aromatic rings. The van der Waals surface area contributed by atoms with Crippen LogP contribution in [0.15, 0.2) is 77.7 Å². The molecule has 0 fully saturated rings. The number of nitrogens with one attached hydrogen (secondary N) is 1. The van der Waals surface area contributed by atoms with Gasteiger partial charge in [-0.25, -0.2) is 8.42 Å². The first-order valence-corrected chi connectivity index (χ1v) is 13.0. The minimum absolute atomic E-state index is 0.0773. The fraction of sp³-hybridized carbons (Fsp3) is 0.154. The molecule has 0 unspecified atom stereocenters. The molecule has 34 heavy (non-hydrogen) atoms. The standard InChI is InChI=1S/C26H24N2O4S2/c1-4-28(34(31,32)23-11-8-17(2)9-12-23)22-10-13-24-20(15-22)16-25(33-24)26(30)27-21-7-5-6-19(14-21)18(3)29/h5-16H,4H2,1-3H3,(H,27,30). The molecular weight excluding hydrogens is 468 g/mol. The van der Waals surface area contributed by atoms with Crippen molar-refractivity contribution in [3.8, 4) is 0 Å². The Morgan fingerprint density at radius 1 is 0.971 bits per heavy atom. The van der Waals surface area contributed by atoms with Crippen molar-refractivity contribution in [2.24, 2.45) is 0 Å². The number of carbonyl (C=O) groups excluding carboxylic acids is 2. The predicted octanol–water partition coefficient (Wildman–Crippen LogP) is 5.88. The highest BCUT2D eigenvalue weighted by Crippen LogP contribution is 2.32. The van der Waals surface area contributed by atoms with Crippen LogP contribution in [0.5, 0.6) is 0 Å². The average molecular weight is 493 g/mol. The SMILES string of the molecule is CCN(c1ccc2sc(C(=O)Nc3cccc(C(C)=O)c3)cc2c1)S(=O)(=O)c1ccc(C)cc1.